The van der Waals surface area contributed by atoms with Crippen molar-refractivity contribution >= 4 is 29.3 Å². The fourth-order valence-electron chi connectivity index (χ4n) is 2.39. The Morgan fingerprint density at radius 3 is 1.69 bits per heavy atom. The molecule has 8 nitrogen and oxygen atoms in total. The summed E-state index contributed by atoms with van der Waals surface area (Å²) in [6, 6.07) is 16.9. The van der Waals surface area contributed by atoms with Gasteiger partial charge in [-0.05, 0) is 13.8 Å². The first-order chi connectivity index (χ1) is 15.3. The number of rotatable bonds is 10. The second-order valence-electron chi connectivity index (χ2n) is 6.37. The van der Waals surface area contributed by atoms with Crippen molar-refractivity contribution in [3.05, 3.63) is 71.8 Å². The number of hydrogen-bond acceptors (Lipinski definition) is 8. The third-order valence-electron chi connectivity index (χ3n) is 3.95. The molecule has 0 bridgehead atoms. The first kappa shape index (κ1) is 26.4. The third-order valence-corrected chi connectivity index (χ3v) is 3.95. The fraction of sp³-hybridized carbons (Fsp3) is 0.292. The van der Waals surface area contributed by atoms with Gasteiger partial charge in [0.2, 0.25) is 5.78 Å². The first-order valence-corrected chi connectivity index (χ1v) is 10.0. The number of carbonyl (C=O) groups is 5. The number of benzene rings is 2. The maximum absolute atomic E-state index is 11.6. The lowest BCUT2D eigenvalue weighted by Crippen LogP contribution is -2.26. The van der Waals surface area contributed by atoms with E-state index in [1.54, 1.807) is 74.5 Å². The molecule has 0 aliphatic rings. The van der Waals surface area contributed by atoms with Crippen LogP contribution in [0, 0.1) is 0 Å². The average Bonchev–Trinajstić information content (AvgIpc) is 2.80. The normalized spacial score (nSPS) is 10.7. The highest BCUT2D eigenvalue weighted by Crippen LogP contribution is 2.06. The van der Waals surface area contributed by atoms with Gasteiger partial charge in [0, 0.05) is 17.5 Å². The van der Waals surface area contributed by atoms with Crippen LogP contribution in [0.25, 0.3) is 0 Å². The molecular weight excluding hydrogens is 416 g/mol. The molecule has 0 aliphatic heterocycles. The monoisotopic (exact) mass is 442 g/mol. The van der Waals surface area contributed by atoms with Crippen molar-refractivity contribution in [2.75, 3.05) is 13.2 Å². The fourth-order valence-corrected chi connectivity index (χ4v) is 2.39. The Balaban J connectivity index is 0.000000320. The number of Topliss-reactive ketones (excluding diaryl/α,β-unsaturated/α-hetero) is 3. The second-order valence-corrected chi connectivity index (χ2v) is 6.37. The number of ether oxygens (including phenoxy) is 2. The topological polar surface area (TPSA) is 124 Å². The largest absolute Gasteiger partial charge is 0.464 e. The zero-order valence-corrected chi connectivity index (χ0v) is 18.0. The third kappa shape index (κ3) is 9.44. The summed E-state index contributed by atoms with van der Waals surface area (Å²) in [5.74, 6) is -3.17. The van der Waals surface area contributed by atoms with Crippen molar-refractivity contribution in [1.29, 1.82) is 0 Å². The van der Waals surface area contributed by atoms with Crippen LogP contribution in [0.4, 0.5) is 0 Å². The van der Waals surface area contributed by atoms with Crippen molar-refractivity contribution < 1.29 is 38.6 Å². The molecule has 0 aromatic heterocycles. The van der Waals surface area contributed by atoms with Crippen LogP contribution in [-0.2, 0) is 23.9 Å². The standard InChI is InChI=1S/C12H14O4.C12H12O4/c2*1-2-16-12(15)11(14)8-10(13)9-6-4-3-5-7-9/h3-7,11,14H,2,8H2,1H3;3-7H,2,8H2,1H3. The SMILES string of the molecule is CCOC(=O)C(=O)CC(=O)c1ccccc1.CCOC(=O)C(O)CC(=O)c1ccccc1. The Kier molecular flexibility index (Phi) is 11.9. The molecule has 0 aliphatic carbocycles. The van der Waals surface area contributed by atoms with Gasteiger partial charge in [-0.1, -0.05) is 60.7 Å². The van der Waals surface area contributed by atoms with Gasteiger partial charge < -0.3 is 14.6 Å². The van der Waals surface area contributed by atoms with Gasteiger partial charge in [-0.15, -0.1) is 0 Å². The van der Waals surface area contributed by atoms with Gasteiger partial charge in [0.15, 0.2) is 17.7 Å². The molecule has 0 spiro atoms. The molecule has 8 heteroatoms. The van der Waals surface area contributed by atoms with E-state index in [0.717, 1.165) is 0 Å². The van der Waals surface area contributed by atoms with Gasteiger partial charge in [0.25, 0.3) is 0 Å². The Morgan fingerprint density at radius 1 is 0.750 bits per heavy atom. The molecule has 0 saturated carbocycles. The minimum absolute atomic E-state index is 0.129. The number of carbonyl (C=O) groups excluding carboxylic acids is 5. The van der Waals surface area contributed by atoms with Crippen LogP contribution >= 0.6 is 0 Å². The highest BCUT2D eigenvalue weighted by molar-refractivity contribution is 6.38. The van der Waals surface area contributed by atoms with Crippen LogP contribution in [-0.4, -0.2) is 53.7 Å². The van der Waals surface area contributed by atoms with E-state index in [9.17, 15) is 29.1 Å². The van der Waals surface area contributed by atoms with Crippen LogP contribution in [0.15, 0.2) is 60.7 Å². The minimum Gasteiger partial charge on any atom is -0.464 e. The molecule has 32 heavy (non-hydrogen) atoms. The minimum atomic E-state index is -1.38. The zero-order valence-electron chi connectivity index (χ0n) is 18.0. The summed E-state index contributed by atoms with van der Waals surface area (Å²) in [5.41, 5.74) is 0.894. The summed E-state index contributed by atoms with van der Waals surface area (Å²) in [4.78, 5) is 56.4. The molecule has 170 valence electrons. The van der Waals surface area contributed by atoms with E-state index in [1.807, 2.05) is 0 Å². The predicted molar refractivity (Wildman–Crippen MR) is 115 cm³/mol. The van der Waals surface area contributed by atoms with E-state index in [2.05, 4.69) is 9.47 Å². The molecule has 0 radical (unpaired) electrons. The van der Waals surface area contributed by atoms with Gasteiger partial charge in [-0.2, -0.15) is 0 Å². The average molecular weight is 442 g/mol. The Hall–Kier alpha value is -3.65. The van der Waals surface area contributed by atoms with E-state index < -0.39 is 30.2 Å². The quantitative estimate of drug-likeness (QED) is 0.258. The van der Waals surface area contributed by atoms with Gasteiger partial charge in [0.05, 0.1) is 19.6 Å². The molecule has 2 aromatic rings. The number of ketones is 3. The van der Waals surface area contributed by atoms with Crippen LogP contribution in [0.1, 0.15) is 47.4 Å². The van der Waals surface area contributed by atoms with Crippen molar-refractivity contribution in [2.24, 2.45) is 0 Å². The maximum Gasteiger partial charge on any atom is 0.375 e. The van der Waals surface area contributed by atoms with Gasteiger partial charge in [-0.25, -0.2) is 9.59 Å². The Labute approximate surface area is 186 Å². The summed E-state index contributed by atoms with van der Waals surface area (Å²) in [5, 5.41) is 9.39. The lowest BCUT2D eigenvalue weighted by molar-refractivity contribution is -0.153. The predicted octanol–water partition coefficient (Wildman–Crippen LogP) is 2.58. The van der Waals surface area contributed by atoms with Crippen LogP contribution in [0.3, 0.4) is 0 Å². The number of aliphatic hydroxyl groups excluding tert-OH is 1. The molecule has 0 fully saturated rings. The smallest absolute Gasteiger partial charge is 0.375 e. The van der Waals surface area contributed by atoms with E-state index >= 15 is 0 Å². The highest BCUT2D eigenvalue weighted by atomic mass is 16.5. The summed E-state index contributed by atoms with van der Waals surface area (Å²) < 4.78 is 9.10. The number of hydrogen-bond donors (Lipinski definition) is 1. The number of aliphatic hydroxyl groups is 1. The molecule has 1 N–H and O–H groups in total. The highest BCUT2D eigenvalue weighted by Gasteiger charge is 2.21. The van der Waals surface area contributed by atoms with E-state index in [-0.39, 0.29) is 31.2 Å². The molecule has 2 rings (SSSR count). The molecule has 0 saturated heterocycles. The van der Waals surface area contributed by atoms with E-state index in [1.165, 1.54) is 0 Å². The molecule has 2 aromatic carbocycles. The van der Waals surface area contributed by atoms with Crippen molar-refractivity contribution in [1.82, 2.24) is 0 Å². The Morgan fingerprint density at radius 2 is 1.22 bits per heavy atom. The summed E-state index contributed by atoms with van der Waals surface area (Å²) in [7, 11) is 0. The van der Waals surface area contributed by atoms with E-state index in [4.69, 9.17) is 0 Å². The van der Waals surface area contributed by atoms with Crippen LogP contribution in [0.5, 0.6) is 0 Å². The molecule has 1 atom stereocenters. The first-order valence-electron chi connectivity index (χ1n) is 10.0. The Bertz CT molecular complexity index is 906. The van der Waals surface area contributed by atoms with Gasteiger partial charge >= 0.3 is 11.9 Å². The molecular formula is C24H26O8. The maximum atomic E-state index is 11.6. The van der Waals surface area contributed by atoms with E-state index in [0.29, 0.717) is 11.1 Å². The van der Waals surface area contributed by atoms with Crippen molar-refractivity contribution in [2.45, 2.75) is 32.8 Å². The van der Waals surface area contributed by atoms with Gasteiger partial charge in [0.1, 0.15) is 0 Å². The molecule has 0 amide bonds. The molecule has 1 unspecified atom stereocenters. The lowest BCUT2D eigenvalue weighted by atomic mass is 10.1. The lowest BCUT2D eigenvalue weighted by Gasteiger charge is -2.08. The molecule has 0 heterocycles. The van der Waals surface area contributed by atoms with Crippen LogP contribution < -0.4 is 0 Å². The summed E-state index contributed by atoms with van der Waals surface area (Å²) >= 11 is 0. The van der Waals surface area contributed by atoms with Crippen molar-refractivity contribution in [3.63, 3.8) is 0 Å². The van der Waals surface area contributed by atoms with Crippen LogP contribution in [0.2, 0.25) is 0 Å². The number of esters is 2. The summed E-state index contributed by atoms with van der Waals surface area (Å²) in [6.07, 6.45) is -2.07. The van der Waals surface area contributed by atoms with Crippen molar-refractivity contribution in [3.8, 4) is 0 Å². The second kappa shape index (κ2) is 14.4. The zero-order chi connectivity index (χ0) is 23.9. The van der Waals surface area contributed by atoms with Gasteiger partial charge in [-0.3, -0.25) is 14.4 Å². The summed E-state index contributed by atoms with van der Waals surface area (Å²) in [6.45, 7) is 3.56.